The van der Waals surface area contributed by atoms with Crippen molar-refractivity contribution in [3.8, 4) is 0 Å². The minimum atomic E-state index is -0.0848. The third-order valence-corrected chi connectivity index (χ3v) is 2.35. The number of nitrogens with zero attached hydrogens (tertiary/aromatic N) is 3. The molecule has 0 N–H and O–H groups in total. The first-order chi connectivity index (χ1) is 6.65. The number of aromatic nitrogens is 3. The molecule has 5 heteroatoms. The Morgan fingerprint density at radius 1 is 1.57 bits per heavy atom. The lowest BCUT2D eigenvalue weighted by atomic mass is 10.2. The van der Waals surface area contributed by atoms with Crippen LogP contribution in [0.5, 0.6) is 0 Å². The van der Waals surface area contributed by atoms with Gasteiger partial charge in [-0.1, -0.05) is 5.21 Å². The van der Waals surface area contributed by atoms with Crippen LogP contribution in [0.1, 0.15) is 37.4 Å². The zero-order valence-corrected chi connectivity index (χ0v) is 9.53. The Bertz CT molecular complexity index is 275. The SMILES string of the molecule is COCCC(C)n1cc(C(C)Cl)nn1. The molecule has 2 unspecified atom stereocenters. The van der Waals surface area contributed by atoms with Crippen LogP contribution in [0.25, 0.3) is 0 Å². The summed E-state index contributed by atoms with van der Waals surface area (Å²) in [6, 6.07) is 0.298. The van der Waals surface area contributed by atoms with Crippen LogP contribution >= 0.6 is 11.6 Å². The molecule has 0 saturated heterocycles. The number of methoxy groups -OCH3 is 1. The summed E-state index contributed by atoms with van der Waals surface area (Å²) in [6.45, 7) is 4.69. The third-order valence-electron chi connectivity index (χ3n) is 2.13. The minimum absolute atomic E-state index is 0.0848. The highest BCUT2D eigenvalue weighted by atomic mass is 35.5. The van der Waals surface area contributed by atoms with Gasteiger partial charge in [0.25, 0.3) is 0 Å². The molecule has 4 nitrogen and oxygen atoms in total. The summed E-state index contributed by atoms with van der Waals surface area (Å²) >= 11 is 5.88. The molecule has 0 bridgehead atoms. The molecule has 1 heterocycles. The highest BCUT2D eigenvalue weighted by Gasteiger charge is 2.10. The van der Waals surface area contributed by atoms with Crippen LogP contribution in [-0.2, 0) is 4.74 Å². The third kappa shape index (κ3) is 2.96. The number of rotatable bonds is 5. The van der Waals surface area contributed by atoms with E-state index in [0.717, 1.165) is 18.7 Å². The molecule has 80 valence electrons. The topological polar surface area (TPSA) is 39.9 Å². The molecule has 2 atom stereocenters. The second-order valence-electron chi connectivity index (χ2n) is 3.37. The Labute approximate surface area is 89.2 Å². The van der Waals surface area contributed by atoms with E-state index in [2.05, 4.69) is 17.2 Å². The quantitative estimate of drug-likeness (QED) is 0.710. The largest absolute Gasteiger partial charge is 0.385 e. The van der Waals surface area contributed by atoms with Crippen molar-refractivity contribution in [2.24, 2.45) is 0 Å². The minimum Gasteiger partial charge on any atom is -0.385 e. The van der Waals surface area contributed by atoms with Crippen molar-refractivity contribution in [1.82, 2.24) is 15.0 Å². The average Bonchev–Trinajstić information content (AvgIpc) is 2.62. The average molecular weight is 218 g/mol. The van der Waals surface area contributed by atoms with E-state index < -0.39 is 0 Å². The molecule has 1 aromatic rings. The molecule has 0 aromatic carbocycles. The maximum absolute atomic E-state index is 5.88. The maximum atomic E-state index is 5.88. The molecule has 14 heavy (non-hydrogen) atoms. The Kier molecular flexibility index (Phi) is 4.35. The van der Waals surface area contributed by atoms with Crippen molar-refractivity contribution < 1.29 is 4.74 Å². The maximum Gasteiger partial charge on any atom is 0.100 e. The molecule has 0 spiro atoms. The van der Waals surface area contributed by atoms with E-state index in [-0.39, 0.29) is 5.38 Å². The van der Waals surface area contributed by atoms with Crippen LogP contribution < -0.4 is 0 Å². The Morgan fingerprint density at radius 3 is 2.79 bits per heavy atom. The van der Waals surface area contributed by atoms with Gasteiger partial charge in [0.15, 0.2) is 0 Å². The van der Waals surface area contributed by atoms with Crippen LogP contribution in [-0.4, -0.2) is 28.7 Å². The zero-order valence-electron chi connectivity index (χ0n) is 8.77. The first-order valence-electron chi connectivity index (χ1n) is 4.70. The fourth-order valence-electron chi connectivity index (χ4n) is 1.11. The van der Waals surface area contributed by atoms with Gasteiger partial charge in [-0.05, 0) is 20.3 Å². The van der Waals surface area contributed by atoms with Gasteiger partial charge < -0.3 is 4.74 Å². The molecule has 0 radical (unpaired) electrons. The van der Waals surface area contributed by atoms with Crippen LogP contribution in [0.2, 0.25) is 0 Å². The Balaban J connectivity index is 2.57. The van der Waals surface area contributed by atoms with Crippen LogP contribution in [0.3, 0.4) is 0 Å². The van der Waals surface area contributed by atoms with Crippen molar-refractivity contribution in [2.75, 3.05) is 13.7 Å². The van der Waals surface area contributed by atoms with Gasteiger partial charge in [-0.15, -0.1) is 16.7 Å². The highest BCUT2D eigenvalue weighted by Crippen LogP contribution is 2.17. The smallest absolute Gasteiger partial charge is 0.100 e. The summed E-state index contributed by atoms with van der Waals surface area (Å²) < 4.78 is 6.83. The van der Waals surface area contributed by atoms with Gasteiger partial charge in [0.2, 0.25) is 0 Å². The molecule has 0 aliphatic rings. The van der Waals surface area contributed by atoms with Gasteiger partial charge >= 0.3 is 0 Å². The normalized spacial score (nSPS) is 15.4. The second-order valence-corrected chi connectivity index (χ2v) is 4.02. The summed E-state index contributed by atoms with van der Waals surface area (Å²) in [4.78, 5) is 0. The Morgan fingerprint density at radius 2 is 2.29 bits per heavy atom. The molecule has 0 aliphatic carbocycles. The molecule has 1 rings (SSSR count). The second kappa shape index (κ2) is 5.32. The van der Waals surface area contributed by atoms with Crippen molar-refractivity contribution in [2.45, 2.75) is 31.7 Å². The van der Waals surface area contributed by atoms with Gasteiger partial charge in [0.1, 0.15) is 5.69 Å². The molecular weight excluding hydrogens is 202 g/mol. The standard InChI is InChI=1S/C9H16ClN3O/c1-7(4-5-14-3)13-6-9(8(2)10)11-12-13/h6-8H,4-5H2,1-3H3. The van der Waals surface area contributed by atoms with E-state index in [0.29, 0.717) is 6.04 Å². The van der Waals surface area contributed by atoms with E-state index >= 15 is 0 Å². The van der Waals surface area contributed by atoms with E-state index in [9.17, 15) is 0 Å². The molecule has 0 aliphatic heterocycles. The zero-order chi connectivity index (χ0) is 10.6. The van der Waals surface area contributed by atoms with Gasteiger partial charge in [-0.25, -0.2) is 4.68 Å². The molecule has 0 fully saturated rings. The lowest BCUT2D eigenvalue weighted by molar-refractivity contribution is 0.178. The summed E-state index contributed by atoms with van der Waals surface area (Å²) in [5, 5.41) is 7.92. The van der Waals surface area contributed by atoms with Crippen LogP contribution in [0.4, 0.5) is 0 Å². The lowest BCUT2D eigenvalue weighted by Crippen LogP contribution is -2.08. The van der Waals surface area contributed by atoms with Gasteiger partial charge in [-0.3, -0.25) is 0 Å². The van der Waals surface area contributed by atoms with Gasteiger partial charge in [0.05, 0.1) is 17.6 Å². The van der Waals surface area contributed by atoms with Gasteiger partial charge in [0, 0.05) is 13.7 Å². The van der Waals surface area contributed by atoms with Crippen LogP contribution in [0, 0.1) is 0 Å². The fraction of sp³-hybridized carbons (Fsp3) is 0.778. The first kappa shape index (κ1) is 11.5. The molecule has 0 amide bonds. The number of ether oxygens (including phenoxy) is 1. The van der Waals surface area contributed by atoms with Crippen molar-refractivity contribution in [1.29, 1.82) is 0 Å². The molecule has 0 saturated carbocycles. The summed E-state index contributed by atoms with van der Waals surface area (Å²) in [6.07, 6.45) is 2.81. The predicted octanol–water partition coefficient (Wildman–Crippen LogP) is 2.18. The molecular formula is C9H16ClN3O. The number of hydrogen-bond donors (Lipinski definition) is 0. The number of halogens is 1. The summed E-state index contributed by atoms with van der Waals surface area (Å²) in [5.74, 6) is 0. The number of hydrogen-bond acceptors (Lipinski definition) is 3. The monoisotopic (exact) mass is 217 g/mol. The Hall–Kier alpha value is -0.610. The first-order valence-corrected chi connectivity index (χ1v) is 5.13. The van der Waals surface area contributed by atoms with Crippen LogP contribution in [0.15, 0.2) is 6.20 Å². The van der Waals surface area contributed by atoms with Crippen molar-refractivity contribution >= 4 is 11.6 Å². The predicted molar refractivity (Wildman–Crippen MR) is 55.5 cm³/mol. The van der Waals surface area contributed by atoms with E-state index in [1.807, 2.05) is 17.8 Å². The van der Waals surface area contributed by atoms with Gasteiger partial charge in [-0.2, -0.15) is 0 Å². The highest BCUT2D eigenvalue weighted by molar-refractivity contribution is 6.20. The van der Waals surface area contributed by atoms with Crippen molar-refractivity contribution in [3.63, 3.8) is 0 Å². The molecule has 1 aromatic heterocycles. The summed E-state index contributed by atoms with van der Waals surface area (Å²) in [7, 11) is 1.69. The summed E-state index contributed by atoms with van der Waals surface area (Å²) in [5.41, 5.74) is 0.816. The lowest BCUT2D eigenvalue weighted by Gasteiger charge is -2.09. The van der Waals surface area contributed by atoms with E-state index in [4.69, 9.17) is 16.3 Å². The van der Waals surface area contributed by atoms with E-state index in [1.54, 1.807) is 7.11 Å². The number of alkyl halides is 1. The van der Waals surface area contributed by atoms with E-state index in [1.165, 1.54) is 0 Å². The van der Waals surface area contributed by atoms with Crippen molar-refractivity contribution in [3.05, 3.63) is 11.9 Å². The fourth-order valence-corrected chi connectivity index (χ4v) is 1.21.